The Morgan fingerprint density at radius 2 is 2.44 bits per heavy atom. The van der Waals surface area contributed by atoms with Crippen molar-refractivity contribution in [1.29, 1.82) is 0 Å². The Hall–Kier alpha value is -1.16. The molecule has 4 heteroatoms. The van der Waals surface area contributed by atoms with Crippen molar-refractivity contribution in [3.05, 3.63) is 18.1 Å². The monoisotopic (exact) mass is 220 g/mol. The summed E-state index contributed by atoms with van der Waals surface area (Å²) in [6.07, 6.45) is 4.21. The fourth-order valence-electron chi connectivity index (χ4n) is 2.23. The third-order valence-electron chi connectivity index (χ3n) is 3.00. The molecule has 1 saturated heterocycles. The Balaban J connectivity index is 2.17. The molecule has 1 unspecified atom stereocenters. The van der Waals surface area contributed by atoms with Crippen LogP contribution in [0.2, 0.25) is 0 Å². The van der Waals surface area contributed by atoms with Gasteiger partial charge in [0.25, 0.3) is 0 Å². The second-order valence-corrected chi connectivity index (χ2v) is 4.30. The lowest BCUT2D eigenvalue weighted by Gasteiger charge is -2.29. The number of rotatable bonds is 4. The smallest absolute Gasteiger partial charge is 0.132 e. The van der Waals surface area contributed by atoms with Crippen LogP contribution in [0.25, 0.3) is 0 Å². The molecule has 1 aromatic heterocycles. The van der Waals surface area contributed by atoms with Crippen LogP contribution in [0.4, 0.5) is 5.82 Å². The van der Waals surface area contributed by atoms with Crippen LogP contribution < -0.4 is 10.2 Å². The zero-order chi connectivity index (χ0) is 11.4. The Morgan fingerprint density at radius 1 is 1.56 bits per heavy atom. The van der Waals surface area contributed by atoms with Crippen molar-refractivity contribution in [3.8, 4) is 0 Å². The molecule has 0 aromatic carbocycles. The molecule has 2 rings (SSSR count). The average molecular weight is 220 g/mol. The Morgan fingerprint density at radius 3 is 3.06 bits per heavy atom. The lowest BCUT2D eigenvalue weighted by atomic mass is 10.2. The highest BCUT2D eigenvalue weighted by Gasteiger charge is 2.22. The van der Waals surface area contributed by atoms with E-state index in [1.165, 1.54) is 6.42 Å². The van der Waals surface area contributed by atoms with E-state index in [9.17, 15) is 0 Å². The molecule has 1 fully saturated rings. The van der Waals surface area contributed by atoms with E-state index in [4.69, 9.17) is 0 Å². The van der Waals surface area contributed by atoms with Crippen molar-refractivity contribution in [2.75, 3.05) is 24.5 Å². The highest BCUT2D eigenvalue weighted by atomic mass is 15.2. The minimum atomic E-state index is 0.592. The number of aryl methyl sites for hydroxylation is 1. The summed E-state index contributed by atoms with van der Waals surface area (Å²) in [5.41, 5.74) is 0. The van der Waals surface area contributed by atoms with Gasteiger partial charge in [0.15, 0.2) is 0 Å². The van der Waals surface area contributed by atoms with Crippen molar-refractivity contribution in [2.24, 2.45) is 0 Å². The molecule has 0 saturated carbocycles. The van der Waals surface area contributed by atoms with Crippen molar-refractivity contribution >= 4 is 5.82 Å². The van der Waals surface area contributed by atoms with E-state index in [1.807, 2.05) is 19.2 Å². The van der Waals surface area contributed by atoms with Crippen LogP contribution in [0.3, 0.4) is 0 Å². The lowest BCUT2D eigenvalue weighted by molar-refractivity contribution is 0.616. The normalized spacial score (nSPS) is 20.0. The van der Waals surface area contributed by atoms with E-state index >= 15 is 0 Å². The zero-order valence-corrected chi connectivity index (χ0v) is 10.1. The van der Waals surface area contributed by atoms with E-state index in [0.29, 0.717) is 6.04 Å². The fourth-order valence-corrected chi connectivity index (χ4v) is 2.23. The first-order valence-corrected chi connectivity index (χ1v) is 6.08. The summed E-state index contributed by atoms with van der Waals surface area (Å²) in [6.45, 7) is 7.42. The number of anilines is 1. The van der Waals surface area contributed by atoms with Gasteiger partial charge in [-0.25, -0.2) is 9.97 Å². The minimum absolute atomic E-state index is 0.592. The summed E-state index contributed by atoms with van der Waals surface area (Å²) in [5, 5.41) is 3.41. The molecule has 0 bridgehead atoms. The molecule has 0 spiro atoms. The van der Waals surface area contributed by atoms with Crippen LogP contribution in [-0.4, -0.2) is 35.6 Å². The molecule has 1 aliphatic rings. The largest absolute Gasteiger partial charge is 0.352 e. The van der Waals surface area contributed by atoms with Gasteiger partial charge in [0.1, 0.15) is 11.6 Å². The molecule has 2 heterocycles. The summed E-state index contributed by atoms with van der Waals surface area (Å²) in [4.78, 5) is 11.1. The molecule has 16 heavy (non-hydrogen) atoms. The van der Waals surface area contributed by atoms with E-state index in [2.05, 4.69) is 27.1 Å². The van der Waals surface area contributed by atoms with Crippen molar-refractivity contribution < 1.29 is 0 Å². The molecular weight excluding hydrogens is 200 g/mol. The molecule has 1 N–H and O–H groups in total. The second-order valence-electron chi connectivity index (χ2n) is 4.30. The Labute approximate surface area is 97.1 Å². The number of hydrogen-bond donors (Lipinski definition) is 1. The Bertz CT molecular complexity index is 334. The molecule has 0 aliphatic carbocycles. The highest BCUT2D eigenvalue weighted by Crippen LogP contribution is 2.17. The molecule has 4 nitrogen and oxygen atoms in total. The summed E-state index contributed by atoms with van der Waals surface area (Å²) in [6, 6.07) is 2.61. The van der Waals surface area contributed by atoms with Crippen molar-refractivity contribution in [2.45, 2.75) is 32.7 Å². The van der Waals surface area contributed by atoms with Crippen molar-refractivity contribution in [1.82, 2.24) is 15.3 Å². The number of hydrogen-bond acceptors (Lipinski definition) is 4. The van der Waals surface area contributed by atoms with Crippen LogP contribution in [0.15, 0.2) is 12.3 Å². The Kier molecular flexibility index (Phi) is 3.72. The number of nitrogens with one attached hydrogen (secondary N) is 1. The van der Waals surface area contributed by atoms with Gasteiger partial charge in [-0.15, -0.1) is 0 Å². The van der Waals surface area contributed by atoms with Crippen LogP contribution >= 0.6 is 0 Å². The van der Waals surface area contributed by atoms with E-state index < -0.39 is 0 Å². The predicted molar refractivity (Wildman–Crippen MR) is 65.7 cm³/mol. The predicted octanol–water partition coefficient (Wildman–Crippen LogP) is 1.36. The first-order valence-electron chi connectivity index (χ1n) is 6.08. The standard InChI is InChI=1S/C12H20N4/c1-3-8-16(11-4-6-13-9-11)12-5-7-14-10(2)15-12/h5,7,11,13H,3-4,6,8-9H2,1-2H3. The molecular formula is C12H20N4. The molecule has 1 aromatic rings. The van der Waals surface area contributed by atoms with Gasteiger partial charge in [-0.2, -0.15) is 0 Å². The van der Waals surface area contributed by atoms with Gasteiger partial charge < -0.3 is 10.2 Å². The lowest BCUT2D eigenvalue weighted by Crippen LogP contribution is -2.38. The number of aromatic nitrogens is 2. The van der Waals surface area contributed by atoms with Gasteiger partial charge >= 0.3 is 0 Å². The summed E-state index contributed by atoms with van der Waals surface area (Å²) in [7, 11) is 0. The first kappa shape index (κ1) is 11.3. The van der Waals surface area contributed by atoms with Crippen LogP contribution in [0.1, 0.15) is 25.6 Å². The van der Waals surface area contributed by atoms with Gasteiger partial charge in [0, 0.05) is 25.3 Å². The molecule has 0 radical (unpaired) electrons. The second kappa shape index (κ2) is 5.25. The van der Waals surface area contributed by atoms with Crippen molar-refractivity contribution in [3.63, 3.8) is 0 Å². The van der Waals surface area contributed by atoms with Gasteiger partial charge in [-0.05, 0) is 32.4 Å². The maximum Gasteiger partial charge on any atom is 0.132 e. The average Bonchev–Trinajstić information content (AvgIpc) is 2.79. The zero-order valence-electron chi connectivity index (χ0n) is 10.1. The molecule has 88 valence electrons. The maximum atomic E-state index is 4.52. The van der Waals surface area contributed by atoms with Crippen LogP contribution in [-0.2, 0) is 0 Å². The number of nitrogens with zero attached hydrogens (tertiary/aromatic N) is 3. The van der Waals surface area contributed by atoms with Crippen LogP contribution in [0, 0.1) is 6.92 Å². The molecule has 1 aliphatic heterocycles. The van der Waals surface area contributed by atoms with Gasteiger partial charge in [-0.3, -0.25) is 0 Å². The van der Waals surface area contributed by atoms with E-state index in [-0.39, 0.29) is 0 Å². The summed E-state index contributed by atoms with van der Waals surface area (Å²) in [5.74, 6) is 1.92. The molecule has 0 amide bonds. The van der Waals surface area contributed by atoms with Gasteiger partial charge in [0.2, 0.25) is 0 Å². The van der Waals surface area contributed by atoms with Gasteiger partial charge in [-0.1, -0.05) is 6.92 Å². The van der Waals surface area contributed by atoms with Gasteiger partial charge in [0.05, 0.1) is 0 Å². The summed E-state index contributed by atoms with van der Waals surface area (Å²) >= 11 is 0. The third-order valence-corrected chi connectivity index (χ3v) is 3.00. The first-order chi connectivity index (χ1) is 7.81. The van der Waals surface area contributed by atoms with E-state index in [1.54, 1.807) is 0 Å². The fraction of sp³-hybridized carbons (Fsp3) is 0.667. The maximum absolute atomic E-state index is 4.52. The highest BCUT2D eigenvalue weighted by molar-refractivity contribution is 5.39. The van der Waals surface area contributed by atoms with E-state index in [0.717, 1.165) is 37.7 Å². The molecule has 1 atom stereocenters. The van der Waals surface area contributed by atoms with Crippen LogP contribution in [0.5, 0.6) is 0 Å². The SMILES string of the molecule is CCCN(c1ccnc(C)n1)C1CCNC1. The third kappa shape index (κ3) is 2.50. The topological polar surface area (TPSA) is 41.1 Å². The quantitative estimate of drug-likeness (QED) is 0.832. The summed E-state index contributed by atoms with van der Waals surface area (Å²) < 4.78 is 0. The minimum Gasteiger partial charge on any atom is -0.352 e.